The number of methoxy groups -OCH3 is 2. The molecular formula is C112H128O20. The number of hydrogen-bond acceptors (Lipinski definition) is 20. The quantitative estimate of drug-likeness (QED) is 0.0151. The lowest BCUT2D eigenvalue weighted by Crippen LogP contribution is -2.57. The molecule has 0 aliphatic heterocycles. The van der Waals surface area contributed by atoms with Crippen molar-refractivity contribution in [1.82, 2.24) is 0 Å². The standard InChI is InChI=1S/C112H128O20/c1-109(79-35-61-31-62(37-79)38-80(109)36-61)129-27-23-125-105(119)73-15-7-69(8-16-73)101-88-54-90(96(116)52-78(88)60-114)103(71-11-19-75(20-12-71)107(121)127-25-29-131-111(3)83-43-65-33-66(45-83)46-84(111)44-65)94-56-92(98(118)58-100(94)124-6)104(72-13-21-76(22-14-72)108(122)128-26-30-132-112(4)85-47-67-34-68(49-85)50-86(112)48-67)93-55-91(97(117)57-99(93)123-5)102(87-53-89(101)95(115)51-77(87)59-113)70-9-17-74(18-10-70)106(120)126-24-28-130-110(2)81-39-63-32-64(41-81)42-82(110)40-63/h7-22,51-58,61-68,79-86,101-104,113-118H,23-50,59-60H2,1-6H3. The lowest BCUT2D eigenvalue weighted by Gasteiger charge is -2.59. The van der Waals surface area contributed by atoms with Crippen LogP contribution in [0.2, 0.25) is 0 Å². The minimum atomic E-state index is -1.11. The van der Waals surface area contributed by atoms with E-state index >= 15 is 0 Å². The molecule has 0 aromatic heterocycles. The molecule has 8 aromatic rings. The van der Waals surface area contributed by atoms with Crippen LogP contribution in [-0.2, 0) is 51.1 Å². The molecule has 0 heterocycles. The molecule has 16 fully saturated rings. The van der Waals surface area contributed by atoms with Crippen molar-refractivity contribution in [3.8, 4) is 34.5 Å². The number of aliphatic hydroxyl groups is 2. The number of carbonyl (C=O) groups is 4. The minimum absolute atomic E-state index is 0.0328. The third-order valence-electron chi connectivity index (χ3n) is 36.0. The molecule has 132 heavy (non-hydrogen) atoms. The van der Waals surface area contributed by atoms with Gasteiger partial charge in [0, 0.05) is 69.2 Å². The van der Waals surface area contributed by atoms with E-state index in [0.29, 0.717) is 91.9 Å². The molecule has 20 nitrogen and oxygen atoms in total. The van der Waals surface area contributed by atoms with Gasteiger partial charge in [0.15, 0.2) is 0 Å². The van der Waals surface area contributed by atoms with Crippen LogP contribution in [0.1, 0.15) is 299 Å². The molecule has 20 heteroatoms. The molecule has 0 saturated heterocycles. The Kier molecular flexibility index (Phi) is 23.9. The first kappa shape index (κ1) is 88.8. The number of aliphatic hydroxyl groups excluding tert-OH is 2. The largest absolute Gasteiger partial charge is 0.508 e. The van der Waals surface area contributed by atoms with Crippen molar-refractivity contribution in [3.63, 3.8) is 0 Å². The van der Waals surface area contributed by atoms with Gasteiger partial charge in [-0.1, -0.05) is 48.5 Å². The van der Waals surface area contributed by atoms with E-state index in [4.69, 9.17) is 47.4 Å². The van der Waals surface area contributed by atoms with Crippen molar-refractivity contribution < 1.29 is 97.2 Å². The van der Waals surface area contributed by atoms with Gasteiger partial charge in [-0.15, -0.1) is 0 Å². The molecule has 8 aromatic carbocycles. The number of rotatable bonds is 28. The van der Waals surface area contributed by atoms with E-state index in [1.54, 1.807) is 121 Å². The van der Waals surface area contributed by atoms with E-state index in [2.05, 4.69) is 27.7 Å². The number of phenols is 4. The van der Waals surface area contributed by atoms with Gasteiger partial charge in [0.05, 0.1) is 98.5 Å². The average molecular weight is 1790 g/mol. The Hall–Kier alpha value is -9.80. The number of hydrogen-bond donors (Lipinski definition) is 6. The second-order valence-corrected chi connectivity index (χ2v) is 43.0. The lowest BCUT2D eigenvalue weighted by atomic mass is 9.50. The van der Waals surface area contributed by atoms with E-state index in [-0.39, 0.29) is 165 Å². The maximum Gasteiger partial charge on any atom is 0.338 e. The average Bonchev–Trinajstić information content (AvgIpc) is 0.745. The van der Waals surface area contributed by atoms with Crippen LogP contribution >= 0.6 is 0 Å². The zero-order valence-electron chi connectivity index (χ0n) is 77.0. The van der Waals surface area contributed by atoms with Crippen LogP contribution in [-0.4, -0.2) is 144 Å². The fourth-order valence-electron chi connectivity index (χ4n) is 29.8. The summed E-state index contributed by atoms with van der Waals surface area (Å²) in [4.78, 5) is 57.7. The highest BCUT2D eigenvalue weighted by Gasteiger charge is 2.60. The number of benzene rings is 8. The second-order valence-electron chi connectivity index (χ2n) is 43.0. The molecule has 24 bridgehead atoms. The zero-order valence-corrected chi connectivity index (χ0v) is 77.0. The predicted molar refractivity (Wildman–Crippen MR) is 494 cm³/mol. The lowest BCUT2D eigenvalue weighted by molar-refractivity contribution is -0.197. The highest BCUT2D eigenvalue weighted by atomic mass is 16.6. The van der Waals surface area contributed by atoms with Gasteiger partial charge in [-0.25, -0.2) is 19.2 Å². The molecule has 6 N–H and O–H groups in total. The van der Waals surface area contributed by atoms with Gasteiger partial charge in [0.25, 0.3) is 0 Å². The van der Waals surface area contributed by atoms with Gasteiger partial charge >= 0.3 is 23.9 Å². The van der Waals surface area contributed by atoms with E-state index in [1.165, 1.54) is 167 Å². The Bertz CT molecular complexity index is 4870. The first-order chi connectivity index (χ1) is 63.8. The Balaban J connectivity index is 0.677. The van der Waals surface area contributed by atoms with Crippen molar-refractivity contribution in [2.24, 2.45) is 94.7 Å². The third-order valence-corrected chi connectivity index (χ3v) is 36.0. The third kappa shape index (κ3) is 16.1. The molecular weight excluding hydrogens is 1670 g/mol. The van der Waals surface area contributed by atoms with Gasteiger partial charge in [-0.2, -0.15) is 0 Å². The van der Waals surface area contributed by atoms with E-state index in [0.717, 1.165) is 47.3 Å². The first-order valence-corrected chi connectivity index (χ1v) is 49.2. The van der Waals surface area contributed by atoms with Gasteiger partial charge in [0.2, 0.25) is 0 Å². The summed E-state index contributed by atoms with van der Waals surface area (Å²) in [5.74, 6) is 2.49. The van der Waals surface area contributed by atoms with Crippen LogP contribution in [0.4, 0.5) is 0 Å². The van der Waals surface area contributed by atoms with Crippen molar-refractivity contribution in [1.29, 1.82) is 0 Å². The summed E-state index contributed by atoms with van der Waals surface area (Å²) in [6.07, 6.45) is 24.0. The molecule has 25 rings (SSSR count). The SMILES string of the molecule is COc1cc(O)c2cc1C(c1ccc(C(=O)OCCOC3(C)C4CC5CC(C4)CC3C5)cc1)c1cc(c(OC)cc1O)C(c1ccc(C(=O)OCCOC3(C)C4CC5CC(C4)CC3C5)cc1)c1cc(c(CO)cc1O)C(c1ccc(C(=O)OCCOC3(C)C4CC5CC(C4)CC3C5)cc1)c1cc(c(CO)cc1O)C2c1ccc(C(=O)OCCOC2(C)C3CC4CC(C3)CC2C4)cc1. The normalized spacial score (nSPS) is 33.0. The summed E-state index contributed by atoms with van der Waals surface area (Å²) < 4.78 is 63.9. The highest BCUT2D eigenvalue weighted by Crippen LogP contribution is 2.65. The second kappa shape index (κ2) is 35.5. The highest BCUT2D eigenvalue weighted by molar-refractivity contribution is 5.91. The fourth-order valence-corrected chi connectivity index (χ4v) is 29.8. The van der Waals surface area contributed by atoms with Gasteiger partial charge in [0.1, 0.15) is 60.9 Å². The number of ether oxygens (including phenoxy) is 10. The van der Waals surface area contributed by atoms with Gasteiger partial charge in [-0.3, -0.25) is 0 Å². The molecule has 696 valence electrons. The molecule has 16 saturated carbocycles. The van der Waals surface area contributed by atoms with Gasteiger partial charge < -0.3 is 78.0 Å². The Labute approximate surface area is 774 Å². The number of esters is 4. The Morgan fingerprint density at radius 2 is 0.462 bits per heavy atom. The minimum Gasteiger partial charge on any atom is -0.508 e. The molecule has 17 aliphatic carbocycles. The maximum absolute atomic E-state index is 14.4. The topological polar surface area (TPSA) is 282 Å². The van der Waals surface area contributed by atoms with E-state index < -0.39 is 60.8 Å². The smallest absolute Gasteiger partial charge is 0.338 e. The van der Waals surface area contributed by atoms with E-state index in [1.807, 2.05) is 0 Å². The number of phenolic OH excluding ortho intramolecular Hbond substituents is 4. The summed E-state index contributed by atoms with van der Waals surface area (Å²) >= 11 is 0. The maximum atomic E-state index is 14.4. The van der Waals surface area contributed by atoms with Crippen molar-refractivity contribution in [3.05, 3.63) is 246 Å². The summed E-state index contributed by atoms with van der Waals surface area (Å²) in [6, 6.07) is 40.6. The van der Waals surface area contributed by atoms with Crippen LogP contribution < -0.4 is 9.47 Å². The molecule has 0 radical (unpaired) electrons. The monoisotopic (exact) mass is 1790 g/mol. The summed E-state index contributed by atoms with van der Waals surface area (Å²) in [6.45, 7) is 8.83. The molecule has 4 atom stereocenters. The van der Waals surface area contributed by atoms with Crippen LogP contribution in [0.15, 0.2) is 146 Å². The van der Waals surface area contributed by atoms with Crippen molar-refractivity contribution in [2.45, 2.75) is 215 Å². The number of fused-ring (bicyclic) bond motifs is 8. The van der Waals surface area contributed by atoms with Gasteiger partial charge in [-0.05, 0) is 380 Å². The van der Waals surface area contributed by atoms with Crippen LogP contribution in [0.3, 0.4) is 0 Å². The predicted octanol–water partition coefficient (Wildman–Crippen LogP) is 20.1. The fraction of sp³-hybridized carbons (Fsp3) is 0.536. The van der Waals surface area contributed by atoms with Crippen LogP contribution in [0, 0.1) is 94.7 Å². The van der Waals surface area contributed by atoms with Crippen LogP contribution in [0.25, 0.3) is 0 Å². The summed E-state index contributed by atoms with van der Waals surface area (Å²) in [5.41, 5.74) is 4.91. The molecule has 0 spiro atoms. The van der Waals surface area contributed by atoms with Crippen molar-refractivity contribution >= 4 is 23.9 Å². The van der Waals surface area contributed by atoms with Crippen LogP contribution in [0.5, 0.6) is 34.5 Å². The molecule has 4 unspecified atom stereocenters. The van der Waals surface area contributed by atoms with E-state index in [9.17, 15) is 49.8 Å². The molecule has 0 amide bonds. The summed E-state index contributed by atoms with van der Waals surface area (Å²) in [7, 11) is 2.95. The zero-order chi connectivity index (χ0) is 91.0. The Morgan fingerprint density at radius 1 is 0.265 bits per heavy atom. The number of aromatic hydroxyl groups is 4. The number of carbonyl (C=O) groups excluding carboxylic acids is 4. The first-order valence-electron chi connectivity index (χ1n) is 49.2. The molecule has 17 aliphatic rings. The van der Waals surface area contributed by atoms with Crippen molar-refractivity contribution in [2.75, 3.05) is 67.1 Å². The Morgan fingerprint density at radius 3 is 0.667 bits per heavy atom. The summed E-state index contributed by atoms with van der Waals surface area (Å²) in [5, 5.41) is 76.9.